The molecule has 0 bridgehead atoms. The van der Waals surface area contributed by atoms with Crippen LogP contribution in [0.3, 0.4) is 0 Å². The number of carbonyl (C=O) groups is 1. The Hall–Kier alpha value is -2.05. The number of rotatable bonds is 3. The minimum Gasteiger partial charge on any atom is -0.496 e. The first-order valence-electron chi connectivity index (χ1n) is 8.87. The summed E-state index contributed by atoms with van der Waals surface area (Å²) in [7, 11) is 1.61. The molecule has 2 aromatic rings. The van der Waals surface area contributed by atoms with E-state index in [1.54, 1.807) is 31.6 Å². The summed E-state index contributed by atoms with van der Waals surface area (Å²) >= 11 is 6.13. The molecule has 3 heterocycles. The van der Waals surface area contributed by atoms with Crippen molar-refractivity contribution < 1.29 is 14.3 Å². The Balaban J connectivity index is 1.66. The number of halogens is 1. The zero-order chi connectivity index (χ0) is 18.1. The molecule has 138 valence electrons. The van der Waals surface area contributed by atoms with Crippen LogP contribution in [0, 0.1) is 0 Å². The minimum absolute atomic E-state index is 0.0705. The van der Waals surface area contributed by atoms with Crippen LogP contribution in [0.4, 0.5) is 0 Å². The molecule has 1 spiro atoms. The van der Waals surface area contributed by atoms with Crippen LogP contribution in [0.2, 0.25) is 5.02 Å². The number of aromatic nitrogens is 2. The highest BCUT2D eigenvalue weighted by Gasteiger charge is 2.47. The van der Waals surface area contributed by atoms with E-state index in [0.717, 1.165) is 36.2 Å². The molecule has 0 saturated carbocycles. The number of H-pyrrole nitrogens is 1. The summed E-state index contributed by atoms with van der Waals surface area (Å²) in [4.78, 5) is 23.1. The third kappa shape index (κ3) is 2.87. The fourth-order valence-electron chi connectivity index (χ4n) is 4.20. The molecule has 2 aliphatic heterocycles. The summed E-state index contributed by atoms with van der Waals surface area (Å²) < 4.78 is 11.0. The number of hydrogen-bond donors (Lipinski definition) is 1. The Morgan fingerprint density at radius 2 is 2.23 bits per heavy atom. The zero-order valence-electron chi connectivity index (χ0n) is 14.8. The van der Waals surface area contributed by atoms with Crippen LogP contribution < -0.4 is 4.74 Å². The van der Waals surface area contributed by atoms with E-state index in [9.17, 15) is 4.79 Å². The molecule has 7 heteroatoms. The lowest BCUT2D eigenvalue weighted by atomic mass is 9.80. The number of hydrogen-bond acceptors (Lipinski definition) is 4. The number of aromatic amines is 1. The van der Waals surface area contributed by atoms with E-state index >= 15 is 0 Å². The molecule has 1 fully saturated rings. The average Bonchev–Trinajstić information content (AvgIpc) is 3.13. The first kappa shape index (κ1) is 17.4. The van der Waals surface area contributed by atoms with Gasteiger partial charge in [0.05, 0.1) is 31.1 Å². The highest BCUT2D eigenvalue weighted by molar-refractivity contribution is 6.30. The van der Waals surface area contributed by atoms with Crippen LogP contribution in [0.15, 0.2) is 24.5 Å². The van der Waals surface area contributed by atoms with Gasteiger partial charge in [-0.2, -0.15) is 0 Å². The number of nitrogens with zero attached hydrogens (tertiary/aromatic N) is 2. The van der Waals surface area contributed by atoms with Crippen molar-refractivity contribution in [1.82, 2.24) is 14.9 Å². The van der Waals surface area contributed by atoms with Crippen molar-refractivity contribution in [1.29, 1.82) is 0 Å². The van der Waals surface area contributed by atoms with Crippen LogP contribution in [0.25, 0.3) is 0 Å². The smallest absolute Gasteiger partial charge is 0.227 e. The molecule has 1 amide bonds. The molecule has 0 atom stereocenters. The third-order valence-corrected chi connectivity index (χ3v) is 5.70. The predicted molar refractivity (Wildman–Crippen MR) is 97.4 cm³/mol. The fourth-order valence-corrected chi connectivity index (χ4v) is 4.40. The van der Waals surface area contributed by atoms with E-state index in [4.69, 9.17) is 21.1 Å². The van der Waals surface area contributed by atoms with E-state index in [2.05, 4.69) is 9.97 Å². The summed E-state index contributed by atoms with van der Waals surface area (Å²) in [5, 5.41) is 0.600. The Morgan fingerprint density at radius 1 is 1.42 bits per heavy atom. The monoisotopic (exact) mass is 375 g/mol. The van der Waals surface area contributed by atoms with Crippen molar-refractivity contribution in [2.75, 3.05) is 26.9 Å². The van der Waals surface area contributed by atoms with Gasteiger partial charge >= 0.3 is 0 Å². The number of fused-ring (bicyclic) bond motifs is 2. The van der Waals surface area contributed by atoms with E-state index in [-0.39, 0.29) is 17.9 Å². The largest absolute Gasteiger partial charge is 0.496 e. The number of carbonyl (C=O) groups excluding carboxylic acids is 1. The van der Waals surface area contributed by atoms with Crippen molar-refractivity contribution in [2.24, 2.45) is 0 Å². The number of amides is 1. The van der Waals surface area contributed by atoms with Gasteiger partial charge in [-0.25, -0.2) is 4.98 Å². The molecule has 0 unspecified atom stereocenters. The molecule has 4 rings (SSSR count). The maximum Gasteiger partial charge on any atom is 0.227 e. The summed E-state index contributed by atoms with van der Waals surface area (Å²) in [5.41, 5.74) is 2.56. The Kier molecular flexibility index (Phi) is 4.63. The lowest BCUT2D eigenvalue weighted by molar-refractivity contribution is -0.143. The predicted octanol–water partition coefficient (Wildman–Crippen LogP) is 2.70. The second-order valence-electron chi connectivity index (χ2n) is 6.80. The maximum atomic E-state index is 13.3. The number of benzene rings is 1. The maximum absolute atomic E-state index is 13.3. The Labute approximate surface area is 157 Å². The van der Waals surface area contributed by atoms with Crippen molar-refractivity contribution in [3.8, 4) is 5.75 Å². The Bertz CT molecular complexity index is 814. The SMILES string of the molecule is COc1ccc(Cl)cc1CC(=O)N1CCc2[nH]cnc2C12CCOCC2. The van der Waals surface area contributed by atoms with E-state index in [1.165, 1.54) is 0 Å². The lowest BCUT2D eigenvalue weighted by Crippen LogP contribution is -2.56. The zero-order valence-corrected chi connectivity index (χ0v) is 15.5. The van der Waals surface area contributed by atoms with Gasteiger partial charge in [0.25, 0.3) is 0 Å². The van der Waals surface area contributed by atoms with Crippen molar-refractivity contribution in [3.63, 3.8) is 0 Å². The molecule has 6 nitrogen and oxygen atoms in total. The van der Waals surface area contributed by atoms with Crippen molar-refractivity contribution in [2.45, 2.75) is 31.2 Å². The van der Waals surface area contributed by atoms with Crippen LogP contribution in [0.5, 0.6) is 5.75 Å². The van der Waals surface area contributed by atoms with Crippen LogP contribution in [-0.2, 0) is 27.9 Å². The summed E-state index contributed by atoms with van der Waals surface area (Å²) in [6.45, 7) is 1.95. The summed E-state index contributed by atoms with van der Waals surface area (Å²) in [6, 6.07) is 5.38. The van der Waals surface area contributed by atoms with E-state index < -0.39 is 0 Å². The standard InChI is InChI=1S/C19H22ClN3O3/c1-25-16-3-2-14(20)10-13(16)11-17(24)23-7-4-15-18(22-12-21-15)19(23)5-8-26-9-6-19/h2-3,10,12H,4-9,11H2,1H3,(H,21,22). The topological polar surface area (TPSA) is 67.5 Å². The van der Waals surface area contributed by atoms with Gasteiger partial charge in [0, 0.05) is 42.5 Å². The van der Waals surface area contributed by atoms with E-state index in [1.807, 2.05) is 4.90 Å². The van der Waals surface area contributed by atoms with Crippen LogP contribution >= 0.6 is 11.6 Å². The molecule has 0 radical (unpaired) electrons. The highest BCUT2D eigenvalue weighted by atomic mass is 35.5. The van der Waals surface area contributed by atoms with Gasteiger partial charge in [0.1, 0.15) is 5.75 Å². The van der Waals surface area contributed by atoms with Gasteiger partial charge in [0.15, 0.2) is 0 Å². The first-order valence-corrected chi connectivity index (χ1v) is 9.25. The van der Waals surface area contributed by atoms with Gasteiger partial charge in [-0.15, -0.1) is 0 Å². The second kappa shape index (κ2) is 6.93. The average molecular weight is 376 g/mol. The fraction of sp³-hybridized carbons (Fsp3) is 0.474. The molecular weight excluding hydrogens is 354 g/mol. The third-order valence-electron chi connectivity index (χ3n) is 5.47. The second-order valence-corrected chi connectivity index (χ2v) is 7.24. The molecule has 1 N–H and O–H groups in total. The van der Waals surface area contributed by atoms with Crippen LogP contribution in [-0.4, -0.2) is 47.6 Å². The number of methoxy groups -OCH3 is 1. The van der Waals surface area contributed by atoms with Crippen molar-refractivity contribution >= 4 is 17.5 Å². The molecule has 2 aliphatic rings. The van der Waals surface area contributed by atoms with Gasteiger partial charge in [-0.1, -0.05) is 11.6 Å². The Morgan fingerprint density at radius 3 is 3.00 bits per heavy atom. The lowest BCUT2D eigenvalue weighted by Gasteiger charge is -2.48. The summed E-state index contributed by atoms with van der Waals surface area (Å²) in [5.74, 6) is 0.752. The molecule has 1 saturated heterocycles. The minimum atomic E-state index is -0.380. The molecule has 1 aromatic heterocycles. The van der Waals surface area contributed by atoms with Gasteiger partial charge in [-0.3, -0.25) is 4.79 Å². The first-order chi connectivity index (χ1) is 12.6. The van der Waals surface area contributed by atoms with E-state index in [0.29, 0.717) is 30.5 Å². The number of nitrogens with one attached hydrogen (secondary N) is 1. The van der Waals surface area contributed by atoms with Gasteiger partial charge in [0.2, 0.25) is 5.91 Å². The van der Waals surface area contributed by atoms with Gasteiger partial charge < -0.3 is 19.4 Å². The molecule has 1 aromatic carbocycles. The van der Waals surface area contributed by atoms with Crippen LogP contribution in [0.1, 0.15) is 29.8 Å². The highest BCUT2D eigenvalue weighted by Crippen LogP contribution is 2.42. The quantitative estimate of drug-likeness (QED) is 0.895. The summed E-state index contributed by atoms with van der Waals surface area (Å²) in [6.07, 6.45) is 4.31. The molecule has 26 heavy (non-hydrogen) atoms. The molecule has 0 aliphatic carbocycles. The number of ether oxygens (including phenoxy) is 2. The van der Waals surface area contributed by atoms with Gasteiger partial charge in [-0.05, 0) is 31.0 Å². The van der Waals surface area contributed by atoms with Crippen molar-refractivity contribution in [3.05, 3.63) is 46.5 Å². The normalized spacial score (nSPS) is 18.6. The number of imidazole rings is 1. The molecular formula is C19H22ClN3O3.